The van der Waals surface area contributed by atoms with Crippen LogP contribution in [0, 0.1) is 0 Å². The minimum atomic E-state index is -0.593. The smallest absolute Gasteiger partial charge is 0.224 e. The summed E-state index contributed by atoms with van der Waals surface area (Å²) < 4.78 is 0. The van der Waals surface area contributed by atoms with E-state index in [4.69, 9.17) is 11.6 Å². The van der Waals surface area contributed by atoms with Crippen LogP contribution in [0.25, 0.3) is 0 Å². The third-order valence-electron chi connectivity index (χ3n) is 5.99. The lowest BCUT2D eigenvalue weighted by molar-refractivity contribution is -0.121. The fraction of sp³-hybridized carbons (Fsp3) is 0.417. The van der Waals surface area contributed by atoms with Gasteiger partial charge in [-0.15, -0.1) is 0 Å². The predicted molar refractivity (Wildman–Crippen MR) is 118 cm³/mol. The first kappa shape index (κ1) is 22.3. The average Bonchev–Trinajstić information content (AvgIpc) is 2.89. The number of halogens is 1. The highest BCUT2D eigenvalue weighted by molar-refractivity contribution is 6.30. The Labute approximate surface area is 182 Å². The number of carbonyl (C=O) groups is 2. The van der Waals surface area contributed by atoms with E-state index in [1.807, 2.05) is 30.3 Å². The maximum atomic E-state index is 12.6. The Kier molecular flexibility index (Phi) is 7.51. The number of hydrogen-bond donors (Lipinski definition) is 3. The summed E-state index contributed by atoms with van der Waals surface area (Å²) in [6.45, 7) is 1.96. The van der Waals surface area contributed by atoms with Crippen molar-refractivity contribution in [3.63, 3.8) is 0 Å². The van der Waals surface area contributed by atoms with E-state index in [-0.39, 0.29) is 23.3 Å². The highest BCUT2D eigenvalue weighted by Crippen LogP contribution is 2.38. The van der Waals surface area contributed by atoms with E-state index < -0.39 is 6.10 Å². The zero-order chi connectivity index (χ0) is 21.6. The SMILES string of the molecule is CC(=O)N[C@H]1CC[C@](CNC(=O)Cc2ccc(Cl)cc2)(c2ccccc2)CC[C@@H]1O. The number of aliphatic hydroxyl groups is 1. The lowest BCUT2D eigenvalue weighted by atomic mass is 9.74. The summed E-state index contributed by atoms with van der Waals surface area (Å²) in [7, 11) is 0. The van der Waals surface area contributed by atoms with Crippen LogP contribution >= 0.6 is 11.6 Å². The molecule has 160 valence electrons. The van der Waals surface area contributed by atoms with Crippen molar-refractivity contribution in [1.82, 2.24) is 10.6 Å². The Hall–Kier alpha value is -2.37. The normalized spacial score (nSPS) is 24.0. The summed E-state index contributed by atoms with van der Waals surface area (Å²) in [5, 5.41) is 17.2. The van der Waals surface area contributed by atoms with Gasteiger partial charge in [-0.3, -0.25) is 9.59 Å². The van der Waals surface area contributed by atoms with Crippen molar-refractivity contribution in [3.05, 3.63) is 70.7 Å². The van der Waals surface area contributed by atoms with Gasteiger partial charge in [0.05, 0.1) is 18.6 Å². The van der Waals surface area contributed by atoms with Gasteiger partial charge in [-0.05, 0) is 48.9 Å². The number of nitrogens with one attached hydrogen (secondary N) is 2. The van der Waals surface area contributed by atoms with Crippen molar-refractivity contribution in [2.45, 2.75) is 56.6 Å². The molecule has 2 aromatic carbocycles. The standard InChI is InChI=1S/C24H29ClN2O3/c1-17(28)27-21-11-13-24(14-12-22(21)29,19-5-3-2-4-6-19)16-26-23(30)15-18-7-9-20(25)10-8-18/h2-10,21-22,29H,11-16H2,1H3,(H,26,30)(H,27,28)/t21-,22-,24-/m0/s1. The topological polar surface area (TPSA) is 78.4 Å². The quantitative estimate of drug-likeness (QED) is 0.617. The van der Waals surface area contributed by atoms with Crippen LogP contribution in [0.15, 0.2) is 54.6 Å². The molecule has 0 radical (unpaired) electrons. The molecule has 1 aliphatic rings. The molecule has 0 bridgehead atoms. The lowest BCUT2D eigenvalue weighted by Gasteiger charge is -2.34. The Balaban J connectivity index is 1.73. The van der Waals surface area contributed by atoms with Gasteiger partial charge >= 0.3 is 0 Å². The molecular weight excluding hydrogens is 400 g/mol. The molecular formula is C24H29ClN2O3. The van der Waals surface area contributed by atoms with E-state index in [2.05, 4.69) is 22.8 Å². The molecule has 0 saturated heterocycles. The number of carbonyl (C=O) groups excluding carboxylic acids is 2. The lowest BCUT2D eigenvalue weighted by Crippen LogP contribution is -2.42. The van der Waals surface area contributed by atoms with E-state index in [9.17, 15) is 14.7 Å². The second-order valence-corrected chi connectivity index (χ2v) is 8.61. The third kappa shape index (κ3) is 5.83. The minimum Gasteiger partial charge on any atom is -0.391 e. The summed E-state index contributed by atoms with van der Waals surface area (Å²) >= 11 is 5.92. The number of hydrogen-bond acceptors (Lipinski definition) is 3. The van der Waals surface area contributed by atoms with Gasteiger partial charge in [-0.2, -0.15) is 0 Å². The summed E-state index contributed by atoms with van der Waals surface area (Å²) in [4.78, 5) is 24.1. The Morgan fingerprint density at radius 3 is 2.40 bits per heavy atom. The van der Waals surface area contributed by atoms with Crippen LogP contribution < -0.4 is 10.6 Å². The maximum absolute atomic E-state index is 12.6. The van der Waals surface area contributed by atoms with Crippen LogP contribution in [0.5, 0.6) is 0 Å². The van der Waals surface area contributed by atoms with E-state index in [0.29, 0.717) is 30.8 Å². The summed E-state index contributed by atoms with van der Waals surface area (Å²) in [6, 6.07) is 17.1. The predicted octanol–water partition coefficient (Wildman–Crippen LogP) is 3.38. The molecule has 6 heteroatoms. The second-order valence-electron chi connectivity index (χ2n) is 8.18. The van der Waals surface area contributed by atoms with Crippen molar-refractivity contribution in [2.24, 2.45) is 0 Å². The van der Waals surface area contributed by atoms with Crippen LogP contribution in [-0.2, 0) is 21.4 Å². The molecule has 3 rings (SSSR count). The molecule has 1 aliphatic carbocycles. The second kappa shape index (κ2) is 10.1. The third-order valence-corrected chi connectivity index (χ3v) is 6.25. The molecule has 2 amide bonds. The van der Waals surface area contributed by atoms with Crippen molar-refractivity contribution >= 4 is 23.4 Å². The molecule has 0 heterocycles. The fourth-order valence-electron chi connectivity index (χ4n) is 4.28. The van der Waals surface area contributed by atoms with E-state index in [1.54, 1.807) is 12.1 Å². The van der Waals surface area contributed by atoms with Gasteiger partial charge in [0.2, 0.25) is 11.8 Å². The van der Waals surface area contributed by atoms with Gasteiger partial charge < -0.3 is 15.7 Å². The van der Waals surface area contributed by atoms with Gasteiger partial charge in [-0.25, -0.2) is 0 Å². The molecule has 0 aromatic heterocycles. The Bertz CT molecular complexity index is 857. The highest BCUT2D eigenvalue weighted by atomic mass is 35.5. The molecule has 0 aliphatic heterocycles. The van der Waals surface area contributed by atoms with Gasteiger partial charge in [0, 0.05) is 23.9 Å². The minimum absolute atomic E-state index is 0.0455. The van der Waals surface area contributed by atoms with Crippen molar-refractivity contribution in [1.29, 1.82) is 0 Å². The highest BCUT2D eigenvalue weighted by Gasteiger charge is 2.38. The van der Waals surface area contributed by atoms with Gasteiger partial charge in [0.25, 0.3) is 0 Å². The van der Waals surface area contributed by atoms with Crippen LogP contribution in [0.4, 0.5) is 0 Å². The first-order valence-corrected chi connectivity index (χ1v) is 10.8. The largest absolute Gasteiger partial charge is 0.391 e. The molecule has 5 nitrogen and oxygen atoms in total. The maximum Gasteiger partial charge on any atom is 0.224 e. The van der Waals surface area contributed by atoms with E-state index in [1.165, 1.54) is 6.92 Å². The fourth-order valence-corrected chi connectivity index (χ4v) is 4.41. The zero-order valence-corrected chi connectivity index (χ0v) is 18.0. The first-order valence-electron chi connectivity index (χ1n) is 10.4. The van der Waals surface area contributed by atoms with Crippen LogP contribution in [0.1, 0.15) is 43.7 Å². The molecule has 2 aromatic rings. The van der Waals surface area contributed by atoms with Gasteiger partial charge in [-0.1, -0.05) is 54.1 Å². The molecule has 30 heavy (non-hydrogen) atoms. The monoisotopic (exact) mass is 428 g/mol. The molecule has 3 atom stereocenters. The van der Waals surface area contributed by atoms with Gasteiger partial charge in [0.15, 0.2) is 0 Å². The summed E-state index contributed by atoms with van der Waals surface area (Å²) in [5.41, 5.74) is 1.77. The zero-order valence-electron chi connectivity index (χ0n) is 17.2. The van der Waals surface area contributed by atoms with Crippen LogP contribution in [0.3, 0.4) is 0 Å². The van der Waals surface area contributed by atoms with Crippen molar-refractivity contribution < 1.29 is 14.7 Å². The number of amides is 2. The number of rotatable bonds is 6. The Morgan fingerprint density at radius 1 is 1.07 bits per heavy atom. The van der Waals surface area contributed by atoms with Crippen LogP contribution in [-0.4, -0.2) is 35.6 Å². The molecule has 0 unspecified atom stereocenters. The van der Waals surface area contributed by atoms with E-state index in [0.717, 1.165) is 24.0 Å². The number of aliphatic hydroxyl groups excluding tert-OH is 1. The van der Waals surface area contributed by atoms with Crippen molar-refractivity contribution in [3.8, 4) is 0 Å². The van der Waals surface area contributed by atoms with Gasteiger partial charge in [0.1, 0.15) is 0 Å². The first-order chi connectivity index (χ1) is 14.4. The summed E-state index contributed by atoms with van der Waals surface area (Å²) in [6.07, 6.45) is 2.41. The van der Waals surface area contributed by atoms with Crippen molar-refractivity contribution in [2.75, 3.05) is 6.54 Å². The average molecular weight is 429 g/mol. The number of benzene rings is 2. The molecule has 1 saturated carbocycles. The molecule has 1 fully saturated rings. The molecule has 0 spiro atoms. The van der Waals surface area contributed by atoms with Crippen LogP contribution in [0.2, 0.25) is 5.02 Å². The van der Waals surface area contributed by atoms with E-state index >= 15 is 0 Å². The summed E-state index contributed by atoms with van der Waals surface area (Å²) in [5.74, 6) is -0.182. The molecule has 3 N–H and O–H groups in total. The Morgan fingerprint density at radius 2 is 1.73 bits per heavy atom.